The van der Waals surface area contributed by atoms with E-state index in [4.69, 9.17) is 4.74 Å². The lowest BCUT2D eigenvalue weighted by molar-refractivity contribution is -0.146. The van der Waals surface area contributed by atoms with E-state index >= 15 is 0 Å². The molecule has 0 saturated carbocycles. The van der Waals surface area contributed by atoms with Crippen molar-refractivity contribution in [1.82, 2.24) is 4.72 Å². The quantitative estimate of drug-likeness (QED) is 0.665. The molecule has 0 spiro atoms. The van der Waals surface area contributed by atoms with Crippen LogP contribution >= 0.6 is 0 Å². The number of rotatable bonds is 8. The van der Waals surface area contributed by atoms with Gasteiger partial charge in [0.15, 0.2) is 6.61 Å². The molecule has 7 nitrogen and oxygen atoms in total. The number of nitrogens with zero attached hydrogens (tertiary/aromatic N) is 1. The molecule has 0 atom stereocenters. The highest BCUT2D eigenvalue weighted by atomic mass is 32.2. The summed E-state index contributed by atoms with van der Waals surface area (Å²) in [6.45, 7) is 6.35. The summed E-state index contributed by atoms with van der Waals surface area (Å²) in [4.78, 5) is 26.0. The number of ether oxygens (including phenoxy) is 1. The molecule has 0 saturated heterocycles. The SMILES string of the molecule is Cc1ccc(S(=O)(=O)NCC(=O)OCC(=O)N(c2ccccc2)C(C)C)cc1C. The Morgan fingerprint density at radius 3 is 2.28 bits per heavy atom. The number of carbonyl (C=O) groups is 2. The van der Waals surface area contributed by atoms with Crippen LogP contribution in [0.1, 0.15) is 25.0 Å². The minimum atomic E-state index is -3.85. The number of para-hydroxylation sites is 1. The van der Waals surface area contributed by atoms with Crippen molar-refractivity contribution in [2.45, 2.75) is 38.6 Å². The van der Waals surface area contributed by atoms with Crippen molar-refractivity contribution in [2.24, 2.45) is 0 Å². The summed E-state index contributed by atoms with van der Waals surface area (Å²) in [5.74, 6) is -1.22. The van der Waals surface area contributed by atoms with Gasteiger partial charge in [-0.2, -0.15) is 4.72 Å². The Bertz CT molecular complexity index is 972. The van der Waals surface area contributed by atoms with Gasteiger partial charge < -0.3 is 9.64 Å². The van der Waals surface area contributed by atoms with Gasteiger partial charge in [-0.05, 0) is 63.1 Å². The highest BCUT2D eigenvalue weighted by Crippen LogP contribution is 2.17. The van der Waals surface area contributed by atoms with Crippen LogP contribution in [-0.4, -0.2) is 39.5 Å². The molecule has 0 radical (unpaired) electrons. The largest absolute Gasteiger partial charge is 0.455 e. The van der Waals surface area contributed by atoms with Crippen molar-refractivity contribution in [3.8, 4) is 0 Å². The summed E-state index contributed by atoms with van der Waals surface area (Å²) >= 11 is 0. The number of benzene rings is 2. The van der Waals surface area contributed by atoms with E-state index in [0.29, 0.717) is 5.69 Å². The highest BCUT2D eigenvalue weighted by Gasteiger charge is 2.21. The first kappa shape index (κ1) is 22.6. The molecule has 1 amide bonds. The number of hydrogen-bond acceptors (Lipinski definition) is 5. The number of nitrogens with one attached hydrogen (secondary N) is 1. The Kier molecular flexibility index (Phi) is 7.53. The minimum Gasteiger partial charge on any atom is -0.455 e. The first-order valence-electron chi connectivity index (χ1n) is 9.21. The van der Waals surface area contributed by atoms with Crippen molar-refractivity contribution in [3.05, 3.63) is 59.7 Å². The lowest BCUT2D eigenvalue weighted by atomic mass is 10.1. The normalized spacial score (nSPS) is 11.3. The van der Waals surface area contributed by atoms with Gasteiger partial charge >= 0.3 is 5.97 Å². The van der Waals surface area contributed by atoms with Crippen LogP contribution in [-0.2, 0) is 24.3 Å². The van der Waals surface area contributed by atoms with E-state index in [1.54, 1.807) is 25.1 Å². The van der Waals surface area contributed by atoms with Crippen LogP contribution in [0.2, 0.25) is 0 Å². The summed E-state index contributed by atoms with van der Waals surface area (Å²) in [7, 11) is -3.85. The Hall–Kier alpha value is -2.71. The van der Waals surface area contributed by atoms with Crippen LogP contribution in [0.25, 0.3) is 0 Å². The molecule has 0 aliphatic rings. The second-order valence-corrected chi connectivity index (χ2v) is 8.69. The van der Waals surface area contributed by atoms with Crippen molar-refractivity contribution < 1.29 is 22.7 Å². The molecule has 1 N–H and O–H groups in total. The second-order valence-electron chi connectivity index (χ2n) is 6.92. The molecule has 156 valence electrons. The first-order valence-corrected chi connectivity index (χ1v) is 10.7. The molecule has 0 unspecified atom stereocenters. The topological polar surface area (TPSA) is 92.8 Å². The molecule has 0 heterocycles. The lowest BCUT2D eigenvalue weighted by Gasteiger charge is -2.26. The fourth-order valence-corrected chi connectivity index (χ4v) is 3.75. The molecule has 29 heavy (non-hydrogen) atoms. The number of anilines is 1. The third-order valence-corrected chi connectivity index (χ3v) is 5.77. The summed E-state index contributed by atoms with van der Waals surface area (Å²) in [5, 5.41) is 0. The summed E-state index contributed by atoms with van der Waals surface area (Å²) in [6.07, 6.45) is 0. The molecule has 0 aliphatic carbocycles. The number of sulfonamides is 1. The van der Waals surface area contributed by atoms with Crippen molar-refractivity contribution in [2.75, 3.05) is 18.1 Å². The smallest absolute Gasteiger partial charge is 0.321 e. The average molecular weight is 419 g/mol. The molecule has 2 aromatic carbocycles. The van der Waals surface area contributed by atoms with E-state index in [2.05, 4.69) is 4.72 Å². The number of aryl methyl sites for hydroxylation is 2. The Balaban J connectivity index is 1.93. The molecule has 0 aromatic heterocycles. The standard InChI is InChI=1S/C21H26N2O5S/c1-15(2)23(18-8-6-5-7-9-18)20(24)14-28-21(25)13-22-29(26,27)19-11-10-16(3)17(4)12-19/h5-12,15,22H,13-14H2,1-4H3. The van der Waals surface area contributed by atoms with Gasteiger partial charge in [-0.15, -0.1) is 0 Å². The molecular formula is C21H26N2O5S. The summed E-state index contributed by atoms with van der Waals surface area (Å²) in [5.41, 5.74) is 2.49. The van der Waals surface area contributed by atoms with E-state index in [1.165, 1.54) is 17.0 Å². The fourth-order valence-electron chi connectivity index (χ4n) is 2.70. The molecule has 2 rings (SSSR count). The van der Waals surface area contributed by atoms with Gasteiger partial charge in [0.2, 0.25) is 10.0 Å². The Morgan fingerprint density at radius 2 is 1.69 bits per heavy atom. The zero-order valence-electron chi connectivity index (χ0n) is 17.0. The number of carbonyl (C=O) groups excluding carboxylic acids is 2. The average Bonchev–Trinajstić information content (AvgIpc) is 2.67. The second kappa shape index (κ2) is 9.67. The highest BCUT2D eigenvalue weighted by molar-refractivity contribution is 7.89. The monoisotopic (exact) mass is 418 g/mol. The maximum absolute atomic E-state index is 12.5. The molecule has 8 heteroatoms. The first-order chi connectivity index (χ1) is 13.6. The Morgan fingerprint density at radius 1 is 1.03 bits per heavy atom. The third-order valence-electron chi connectivity index (χ3n) is 4.37. The Labute approximate surface area is 171 Å². The predicted octanol–water partition coefficient (Wildman–Crippen LogP) is 2.57. The van der Waals surface area contributed by atoms with Crippen molar-refractivity contribution in [3.63, 3.8) is 0 Å². The summed E-state index contributed by atoms with van der Waals surface area (Å²) in [6, 6.07) is 13.6. The van der Waals surface area contributed by atoms with Crippen LogP contribution in [0.4, 0.5) is 5.69 Å². The van der Waals surface area contributed by atoms with E-state index in [1.807, 2.05) is 39.0 Å². The van der Waals surface area contributed by atoms with E-state index in [0.717, 1.165) is 11.1 Å². The predicted molar refractivity (Wildman–Crippen MR) is 111 cm³/mol. The maximum atomic E-state index is 12.5. The minimum absolute atomic E-state index is 0.0690. The van der Waals surface area contributed by atoms with Gasteiger partial charge in [0.25, 0.3) is 5.91 Å². The number of esters is 1. The van der Waals surface area contributed by atoms with Crippen LogP contribution in [0.3, 0.4) is 0 Å². The summed E-state index contributed by atoms with van der Waals surface area (Å²) < 4.78 is 31.8. The molecule has 0 bridgehead atoms. The third kappa shape index (κ3) is 6.13. The van der Waals surface area contributed by atoms with Gasteiger partial charge in [-0.25, -0.2) is 8.42 Å². The van der Waals surface area contributed by atoms with Gasteiger partial charge in [0, 0.05) is 11.7 Å². The molecule has 2 aromatic rings. The maximum Gasteiger partial charge on any atom is 0.321 e. The van der Waals surface area contributed by atoms with Gasteiger partial charge in [-0.1, -0.05) is 24.3 Å². The van der Waals surface area contributed by atoms with Crippen molar-refractivity contribution >= 4 is 27.6 Å². The van der Waals surface area contributed by atoms with Gasteiger partial charge in [-0.3, -0.25) is 9.59 Å². The number of amides is 1. The van der Waals surface area contributed by atoms with Crippen LogP contribution in [0, 0.1) is 13.8 Å². The van der Waals surface area contributed by atoms with Gasteiger partial charge in [0.1, 0.15) is 6.54 Å². The lowest BCUT2D eigenvalue weighted by Crippen LogP contribution is -2.40. The molecule has 0 fully saturated rings. The molecular weight excluding hydrogens is 392 g/mol. The van der Waals surface area contributed by atoms with Crippen LogP contribution in [0.15, 0.2) is 53.4 Å². The van der Waals surface area contributed by atoms with Crippen molar-refractivity contribution in [1.29, 1.82) is 0 Å². The van der Waals surface area contributed by atoms with E-state index in [9.17, 15) is 18.0 Å². The zero-order chi connectivity index (χ0) is 21.6. The van der Waals surface area contributed by atoms with E-state index < -0.39 is 35.1 Å². The van der Waals surface area contributed by atoms with Crippen LogP contribution < -0.4 is 9.62 Å². The zero-order valence-corrected chi connectivity index (χ0v) is 17.8. The number of hydrogen-bond donors (Lipinski definition) is 1. The van der Waals surface area contributed by atoms with Crippen LogP contribution in [0.5, 0.6) is 0 Å². The molecule has 0 aliphatic heterocycles. The van der Waals surface area contributed by atoms with Gasteiger partial charge in [0.05, 0.1) is 4.90 Å². The fraction of sp³-hybridized carbons (Fsp3) is 0.333. The van der Waals surface area contributed by atoms with E-state index in [-0.39, 0.29) is 10.9 Å².